The largest absolute Gasteiger partial charge is 0.314 e. The Morgan fingerprint density at radius 1 is 1.27 bits per heavy atom. The van der Waals surface area contributed by atoms with E-state index >= 15 is 0 Å². The Morgan fingerprint density at radius 3 is 2.60 bits per heavy atom. The van der Waals surface area contributed by atoms with Crippen LogP contribution in [0.5, 0.6) is 0 Å². The smallest absolute Gasteiger partial charge is 0.0244 e. The molecular weight excluding hydrogens is 184 g/mol. The molecular formula is C13H26N2. The average molecular weight is 210 g/mol. The Bertz CT molecular complexity index is 199. The van der Waals surface area contributed by atoms with Crippen molar-refractivity contribution in [2.24, 2.45) is 17.8 Å². The molecule has 0 aromatic heterocycles. The molecule has 0 spiro atoms. The van der Waals surface area contributed by atoms with E-state index in [0.29, 0.717) is 0 Å². The van der Waals surface area contributed by atoms with Crippen LogP contribution in [0.1, 0.15) is 33.6 Å². The lowest BCUT2D eigenvalue weighted by Gasteiger charge is -2.40. The average Bonchev–Trinajstić information content (AvgIpc) is 3.01. The molecule has 2 heteroatoms. The molecule has 1 saturated heterocycles. The maximum absolute atomic E-state index is 3.52. The number of rotatable bonds is 4. The fourth-order valence-corrected chi connectivity index (χ4v) is 2.84. The van der Waals surface area contributed by atoms with E-state index in [1.165, 1.54) is 39.0 Å². The summed E-state index contributed by atoms with van der Waals surface area (Å²) in [4.78, 5) is 2.73. The van der Waals surface area contributed by atoms with Crippen LogP contribution in [0.2, 0.25) is 0 Å². The molecule has 1 N–H and O–H groups in total. The maximum atomic E-state index is 3.52. The highest BCUT2D eigenvalue weighted by Gasteiger charge is 2.32. The lowest BCUT2D eigenvalue weighted by molar-refractivity contribution is 0.104. The van der Waals surface area contributed by atoms with Gasteiger partial charge in [-0.05, 0) is 30.6 Å². The van der Waals surface area contributed by atoms with Crippen LogP contribution < -0.4 is 5.32 Å². The number of nitrogens with zero attached hydrogens (tertiary/aromatic N) is 1. The zero-order valence-electron chi connectivity index (χ0n) is 10.5. The van der Waals surface area contributed by atoms with Gasteiger partial charge in [0.15, 0.2) is 0 Å². The molecule has 1 saturated carbocycles. The van der Waals surface area contributed by atoms with E-state index in [1.54, 1.807) is 0 Å². The molecule has 0 radical (unpaired) electrons. The van der Waals surface area contributed by atoms with Crippen molar-refractivity contribution in [3.05, 3.63) is 0 Å². The van der Waals surface area contributed by atoms with Gasteiger partial charge in [-0.25, -0.2) is 0 Å². The summed E-state index contributed by atoms with van der Waals surface area (Å²) in [6.45, 7) is 12.1. The van der Waals surface area contributed by atoms with Gasteiger partial charge >= 0.3 is 0 Å². The van der Waals surface area contributed by atoms with Gasteiger partial charge < -0.3 is 5.32 Å². The van der Waals surface area contributed by atoms with Gasteiger partial charge in [0.2, 0.25) is 0 Å². The van der Waals surface area contributed by atoms with Gasteiger partial charge in [-0.2, -0.15) is 0 Å². The highest BCUT2D eigenvalue weighted by Crippen LogP contribution is 2.37. The van der Waals surface area contributed by atoms with Crippen molar-refractivity contribution in [3.63, 3.8) is 0 Å². The summed E-state index contributed by atoms with van der Waals surface area (Å²) in [7, 11) is 0. The van der Waals surface area contributed by atoms with Crippen LogP contribution in [0.4, 0.5) is 0 Å². The van der Waals surface area contributed by atoms with Crippen molar-refractivity contribution < 1.29 is 0 Å². The predicted octanol–water partition coefficient (Wildman–Crippen LogP) is 1.96. The van der Waals surface area contributed by atoms with Gasteiger partial charge in [0.05, 0.1) is 0 Å². The summed E-state index contributed by atoms with van der Waals surface area (Å²) in [6.07, 6.45) is 2.97. The molecule has 0 aromatic rings. The van der Waals surface area contributed by atoms with E-state index in [4.69, 9.17) is 0 Å². The second-order valence-corrected chi connectivity index (χ2v) is 5.83. The molecule has 88 valence electrons. The highest BCUT2D eigenvalue weighted by molar-refractivity contribution is 4.86. The molecule has 2 atom stereocenters. The quantitative estimate of drug-likeness (QED) is 0.763. The highest BCUT2D eigenvalue weighted by atomic mass is 15.2. The van der Waals surface area contributed by atoms with Crippen LogP contribution in [0.15, 0.2) is 0 Å². The molecule has 2 fully saturated rings. The second kappa shape index (κ2) is 4.84. The standard InChI is InChI=1S/C13H26N2/c1-10(2)13-8-14-6-7-15(13)9-11(3)12-4-5-12/h10-14H,4-9H2,1-3H3. The topological polar surface area (TPSA) is 15.3 Å². The van der Waals surface area contributed by atoms with Crippen molar-refractivity contribution in [3.8, 4) is 0 Å². The molecule has 2 rings (SSSR count). The first-order valence-electron chi connectivity index (χ1n) is 6.63. The molecule has 2 nitrogen and oxygen atoms in total. The monoisotopic (exact) mass is 210 g/mol. The lowest BCUT2D eigenvalue weighted by atomic mass is 9.97. The van der Waals surface area contributed by atoms with Gasteiger partial charge in [-0.3, -0.25) is 4.90 Å². The minimum absolute atomic E-state index is 0.764. The van der Waals surface area contributed by atoms with E-state index in [2.05, 4.69) is 31.0 Å². The number of piperazine rings is 1. The van der Waals surface area contributed by atoms with Gasteiger partial charge in [0, 0.05) is 32.2 Å². The fraction of sp³-hybridized carbons (Fsp3) is 1.00. The van der Waals surface area contributed by atoms with Crippen molar-refractivity contribution in [2.75, 3.05) is 26.2 Å². The summed E-state index contributed by atoms with van der Waals surface area (Å²) in [5.41, 5.74) is 0. The second-order valence-electron chi connectivity index (χ2n) is 5.83. The Hall–Kier alpha value is -0.0800. The molecule has 2 aliphatic rings. The number of hydrogen-bond donors (Lipinski definition) is 1. The molecule has 1 aliphatic carbocycles. The van der Waals surface area contributed by atoms with Crippen molar-refractivity contribution in [1.29, 1.82) is 0 Å². The van der Waals surface area contributed by atoms with Crippen LogP contribution in [-0.4, -0.2) is 37.1 Å². The summed E-state index contributed by atoms with van der Waals surface area (Å²) in [6, 6.07) is 0.764. The maximum Gasteiger partial charge on any atom is 0.0244 e. The molecule has 0 amide bonds. The summed E-state index contributed by atoms with van der Waals surface area (Å²) >= 11 is 0. The Kier molecular flexibility index (Phi) is 3.68. The normalized spacial score (nSPS) is 30.8. The van der Waals surface area contributed by atoms with E-state index in [1.807, 2.05) is 0 Å². The van der Waals surface area contributed by atoms with Crippen molar-refractivity contribution in [1.82, 2.24) is 10.2 Å². The SMILES string of the molecule is CC(C)C1CNCCN1CC(C)C1CC1. The molecule has 2 unspecified atom stereocenters. The first kappa shape index (κ1) is 11.4. The van der Waals surface area contributed by atoms with Crippen LogP contribution in [0.25, 0.3) is 0 Å². The molecule has 1 aliphatic heterocycles. The third-order valence-electron chi connectivity index (χ3n) is 4.12. The lowest BCUT2D eigenvalue weighted by Crippen LogP contribution is -2.54. The van der Waals surface area contributed by atoms with Gasteiger partial charge in [-0.1, -0.05) is 20.8 Å². The van der Waals surface area contributed by atoms with Crippen LogP contribution >= 0.6 is 0 Å². The Balaban J connectivity index is 1.86. The number of nitrogens with one attached hydrogen (secondary N) is 1. The molecule has 1 heterocycles. The van der Waals surface area contributed by atoms with E-state index < -0.39 is 0 Å². The van der Waals surface area contributed by atoms with E-state index in [0.717, 1.165) is 23.8 Å². The zero-order valence-corrected chi connectivity index (χ0v) is 10.5. The minimum Gasteiger partial charge on any atom is -0.314 e. The third-order valence-corrected chi connectivity index (χ3v) is 4.12. The number of hydrogen-bond acceptors (Lipinski definition) is 2. The third kappa shape index (κ3) is 2.94. The van der Waals surface area contributed by atoms with Gasteiger partial charge in [-0.15, -0.1) is 0 Å². The minimum atomic E-state index is 0.764. The Morgan fingerprint density at radius 2 is 2.00 bits per heavy atom. The fourth-order valence-electron chi connectivity index (χ4n) is 2.84. The van der Waals surface area contributed by atoms with Crippen LogP contribution in [0.3, 0.4) is 0 Å². The molecule has 0 bridgehead atoms. The molecule has 0 aromatic carbocycles. The summed E-state index contributed by atoms with van der Waals surface area (Å²) in [5, 5.41) is 3.52. The van der Waals surface area contributed by atoms with E-state index in [-0.39, 0.29) is 0 Å². The first-order chi connectivity index (χ1) is 7.18. The van der Waals surface area contributed by atoms with Crippen LogP contribution in [0, 0.1) is 17.8 Å². The van der Waals surface area contributed by atoms with Gasteiger partial charge in [0.1, 0.15) is 0 Å². The Labute approximate surface area is 94.4 Å². The van der Waals surface area contributed by atoms with Gasteiger partial charge in [0.25, 0.3) is 0 Å². The predicted molar refractivity (Wildman–Crippen MR) is 65.0 cm³/mol. The first-order valence-corrected chi connectivity index (χ1v) is 6.63. The van der Waals surface area contributed by atoms with E-state index in [9.17, 15) is 0 Å². The summed E-state index contributed by atoms with van der Waals surface area (Å²) < 4.78 is 0. The van der Waals surface area contributed by atoms with Crippen molar-refractivity contribution in [2.45, 2.75) is 39.7 Å². The van der Waals surface area contributed by atoms with Crippen LogP contribution in [-0.2, 0) is 0 Å². The summed E-state index contributed by atoms with van der Waals surface area (Å²) in [5.74, 6) is 2.75. The zero-order chi connectivity index (χ0) is 10.8. The molecule has 15 heavy (non-hydrogen) atoms. The van der Waals surface area contributed by atoms with Crippen molar-refractivity contribution >= 4 is 0 Å².